The average molecular weight is 457 g/mol. The summed E-state index contributed by atoms with van der Waals surface area (Å²) >= 11 is 1.23. The Balaban J connectivity index is 0.00000114. The van der Waals surface area contributed by atoms with Crippen LogP contribution in [0.3, 0.4) is 0 Å². The molecule has 10 heteroatoms. The van der Waals surface area contributed by atoms with Crippen molar-refractivity contribution in [3.63, 3.8) is 0 Å². The van der Waals surface area contributed by atoms with Crippen molar-refractivity contribution >= 4 is 35.2 Å². The lowest BCUT2D eigenvalue weighted by Crippen LogP contribution is -2.07. The number of aromatic carboxylic acids is 4. The molecule has 5 N–H and O–H groups in total. The molecule has 0 saturated heterocycles. The van der Waals surface area contributed by atoms with Gasteiger partial charge < -0.3 is 25.7 Å². The van der Waals surface area contributed by atoms with E-state index in [0.29, 0.717) is 20.9 Å². The molecule has 1 aromatic heterocycles. The molecule has 3 aromatic rings. The third kappa shape index (κ3) is 5.36. The molecule has 0 unspecified atom stereocenters. The first-order valence-corrected chi connectivity index (χ1v) is 9.82. The number of hydrogen-bond donors (Lipinski definition) is 5. The Morgan fingerprint density at radius 1 is 0.594 bits per heavy atom. The van der Waals surface area contributed by atoms with E-state index in [4.69, 9.17) is 10.2 Å². The number of hydrogen-bond acceptors (Lipinski definition) is 6. The second-order valence-electron chi connectivity index (χ2n) is 6.41. The van der Waals surface area contributed by atoms with Crippen LogP contribution in [0.25, 0.3) is 20.9 Å². The van der Waals surface area contributed by atoms with Crippen LogP contribution in [0.15, 0.2) is 48.5 Å². The third-order valence-electron chi connectivity index (χ3n) is 4.14. The van der Waals surface area contributed by atoms with Crippen molar-refractivity contribution in [2.75, 3.05) is 14.1 Å². The van der Waals surface area contributed by atoms with Crippen molar-refractivity contribution in [2.45, 2.75) is 0 Å². The highest BCUT2D eigenvalue weighted by atomic mass is 32.1. The third-order valence-corrected chi connectivity index (χ3v) is 5.32. The van der Waals surface area contributed by atoms with E-state index in [-0.39, 0.29) is 22.3 Å². The maximum Gasteiger partial charge on any atom is 0.336 e. The van der Waals surface area contributed by atoms with Crippen LogP contribution in [0.5, 0.6) is 0 Å². The van der Waals surface area contributed by atoms with E-state index >= 15 is 0 Å². The van der Waals surface area contributed by atoms with Crippen molar-refractivity contribution in [3.8, 4) is 20.9 Å². The highest BCUT2D eigenvalue weighted by molar-refractivity contribution is 7.18. The zero-order valence-electron chi connectivity index (χ0n) is 16.9. The second-order valence-corrected chi connectivity index (χ2v) is 7.49. The van der Waals surface area contributed by atoms with E-state index < -0.39 is 23.9 Å². The Morgan fingerprint density at radius 3 is 1.19 bits per heavy atom. The maximum absolute atomic E-state index is 11.4. The predicted octanol–water partition coefficient (Wildman–Crippen LogP) is 3.71. The first-order valence-electron chi connectivity index (χ1n) is 9.01. The quantitative estimate of drug-likeness (QED) is 0.371. The van der Waals surface area contributed by atoms with Gasteiger partial charge in [-0.25, -0.2) is 19.2 Å². The first kappa shape index (κ1) is 24.3. The molecule has 2 aromatic carbocycles. The topological polar surface area (TPSA) is 161 Å². The van der Waals surface area contributed by atoms with E-state index in [2.05, 4.69) is 5.32 Å². The number of nitrogens with one attached hydrogen (secondary N) is 1. The van der Waals surface area contributed by atoms with Crippen LogP contribution in [0.2, 0.25) is 0 Å². The van der Waals surface area contributed by atoms with Gasteiger partial charge in [0.05, 0.1) is 22.3 Å². The summed E-state index contributed by atoms with van der Waals surface area (Å²) in [5, 5.41) is 39.5. The first-order chi connectivity index (χ1) is 15.1. The van der Waals surface area contributed by atoms with E-state index in [0.717, 1.165) is 0 Å². The fourth-order valence-electron chi connectivity index (χ4n) is 2.77. The predicted molar refractivity (Wildman–Crippen MR) is 118 cm³/mol. The normalized spacial score (nSPS) is 10.1. The molecular formula is C22H19NO8S. The lowest BCUT2D eigenvalue weighted by atomic mass is 10.0. The largest absolute Gasteiger partial charge is 0.478 e. The summed E-state index contributed by atoms with van der Waals surface area (Å²) in [4.78, 5) is 46.3. The van der Waals surface area contributed by atoms with Crippen LogP contribution in [0.1, 0.15) is 41.4 Å². The van der Waals surface area contributed by atoms with Crippen molar-refractivity contribution in [2.24, 2.45) is 0 Å². The minimum atomic E-state index is -1.36. The Hall–Kier alpha value is -4.02. The highest BCUT2D eigenvalue weighted by Gasteiger charge is 2.19. The molecule has 0 spiro atoms. The molecule has 0 aliphatic heterocycles. The van der Waals surface area contributed by atoms with Gasteiger partial charge >= 0.3 is 23.9 Å². The fraction of sp³-hybridized carbons (Fsp3) is 0.0909. The van der Waals surface area contributed by atoms with Gasteiger partial charge in [-0.1, -0.05) is 12.1 Å². The number of rotatable bonds is 6. The zero-order chi connectivity index (χ0) is 24.0. The molecule has 1 heterocycles. The summed E-state index contributed by atoms with van der Waals surface area (Å²) < 4.78 is 0. The molecule has 0 aliphatic rings. The summed E-state index contributed by atoms with van der Waals surface area (Å²) in [7, 11) is 3.75. The summed E-state index contributed by atoms with van der Waals surface area (Å²) in [6, 6.07) is 11.3. The van der Waals surface area contributed by atoms with Gasteiger partial charge in [-0.3, -0.25) is 0 Å². The van der Waals surface area contributed by atoms with E-state index in [9.17, 15) is 29.4 Å². The molecule has 0 bridgehead atoms. The molecule has 0 radical (unpaired) electrons. The molecule has 0 amide bonds. The standard InChI is InChI=1S/C20H12O8S.C2H7N/c21-17(22)11-3-1-9(7-13(11)19(25)26)15-5-6-16(29-15)10-2-4-12(18(23)24)14(8-10)20(27)28;1-3-2/h1-8H,(H,21,22)(H,23,24)(H,25,26)(H,27,28);3H,1-2H3. The molecule has 0 aliphatic carbocycles. The van der Waals surface area contributed by atoms with E-state index in [1.54, 1.807) is 12.1 Å². The zero-order valence-corrected chi connectivity index (χ0v) is 17.8. The molecule has 32 heavy (non-hydrogen) atoms. The Kier molecular flexibility index (Phi) is 7.83. The summed E-state index contributed by atoms with van der Waals surface area (Å²) in [5.74, 6) is -5.42. The van der Waals surface area contributed by atoms with Crippen molar-refractivity contribution < 1.29 is 39.6 Å². The summed E-state index contributed by atoms with van der Waals surface area (Å²) in [6.45, 7) is 0. The van der Waals surface area contributed by atoms with Crippen LogP contribution in [0.4, 0.5) is 0 Å². The van der Waals surface area contributed by atoms with Crippen LogP contribution >= 0.6 is 11.3 Å². The van der Waals surface area contributed by atoms with Crippen LogP contribution in [-0.4, -0.2) is 58.4 Å². The molecule has 9 nitrogen and oxygen atoms in total. The Labute approximate surface area is 186 Å². The molecular weight excluding hydrogens is 438 g/mol. The molecule has 0 saturated carbocycles. The second kappa shape index (κ2) is 10.3. The minimum Gasteiger partial charge on any atom is -0.478 e. The van der Waals surface area contributed by atoms with Gasteiger partial charge in [0.2, 0.25) is 0 Å². The Bertz CT molecular complexity index is 1110. The molecule has 3 rings (SSSR count). The molecule has 0 atom stereocenters. The van der Waals surface area contributed by atoms with Gasteiger partial charge in [-0.2, -0.15) is 0 Å². The number of carboxylic acids is 4. The molecule has 166 valence electrons. The van der Waals surface area contributed by atoms with Crippen molar-refractivity contribution in [1.82, 2.24) is 5.32 Å². The average Bonchev–Trinajstić information content (AvgIpc) is 3.23. The molecule has 0 fully saturated rings. The summed E-state index contributed by atoms with van der Waals surface area (Å²) in [6.07, 6.45) is 0. The van der Waals surface area contributed by atoms with E-state index in [1.165, 1.54) is 47.7 Å². The Morgan fingerprint density at radius 2 is 0.906 bits per heavy atom. The number of thiophene rings is 1. The maximum atomic E-state index is 11.4. The smallest absolute Gasteiger partial charge is 0.336 e. The monoisotopic (exact) mass is 457 g/mol. The number of carboxylic acid groups (broad SMARTS) is 4. The van der Waals surface area contributed by atoms with Crippen LogP contribution in [0, 0.1) is 0 Å². The number of carbonyl (C=O) groups is 4. The van der Waals surface area contributed by atoms with Gasteiger partial charge in [-0.05, 0) is 61.6 Å². The van der Waals surface area contributed by atoms with Crippen LogP contribution in [-0.2, 0) is 0 Å². The van der Waals surface area contributed by atoms with E-state index in [1.807, 2.05) is 14.1 Å². The van der Waals surface area contributed by atoms with Crippen molar-refractivity contribution in [3.05, 3.63) is 70.8 Å². The summed E-state index contributed by atoms with van der Waals surface area (Å²) in [5.41, 5.74) is -0.358. The minimum absolute atomic E-state index is 0.326. The van der Waals surface area contributed by atoms with Gasteiger partial charge in [0.1, 0.15) is 0 Å². The fourth-order valence-corrected chi connectivity index (χ4v) is 3.77. The van der Waals surface area contributed by atoms with Gasteiger partial charge in [0, 0.05) is 9.75 Å². The van der Waals surface area contributed by atoms with Gasteiger partial charge in [0.15, 0.2) is 0 Å². The number of benzene rings is 2. The van der Waals surface area contributed by atoms with Gasteiger partial charge in [0.25, 0.3) is 0 Å². The van der Waals surface area contributed by atoms with Gasteiger partial charge in [-0.15, -0.1) is 11.3 Å². The lowest BCUT2D eigenvalue weighted by molar-refractivity contribution is 0.0651. The SMILES string of the molecule is CNC.O=C(O)c1ccc(-c2ccc(-c3ccc(C(=O)O)c(C(=O)O)c3)s2)cc1C(=O)O. The van der Waals surface area contributed by atoms with Crippen LogP contribution < -0.4 is 5.32 Å². The lowest BCUT2D eigenvalue weighted by Gasteiger charge is -2.05. The highest BCUT2D eigenvalue weighted by Crippen LogP contribution is 2.36. The van der Waals surface area contributed by atoms with Crippen molar-refractivity contribution in [1.29, 1.82) is 0 Å².